The molecule has 19 heavy (non-hydrogen) atoms. The summed E-state index contributed by atoms with van der Waals surface area (Å²) >= 11 is 0. The third-order valence-corrected chi connectivity index (χ3v) is 2.75. The monoisotopic (exact) mass is 263 g/mol. The van der Waals surface area contributed by atoms with Crippen LogP contribution in [0.1, 0.15) is 32.4 Å². The molecule has 0 spiro atoms. The summed E-state index contributed by atoms with van der Waals surface area (Å²) < 4.78 is 3.80. The molecule has 1 N–H and O–H groups in total. The van der Waals surface area contributed by atoms with Crippen LogP contribution in [0.2, 0.25) is 0 Å². The van der Waals surface area contributed by atoms with Crippen LogP contribution in [0.15, 0.2) is 12.7 Å². The average molecular weight is 263 g/mol. The zero-order valence-corrected chi connectivity index (χ0v) is 11.7. The lowest BCUT2D eigenvalue weighted by atomic mass is 10.2. The molecule has 0 fully saturated rings. The fraction of sp³-hybridized carbons (Fsp3) is 0.667. The van der Waals surface area contributed by atoms with Crippen LogP contribution in [0.4, 0.5) is 0 Å². The maximum absolute atomic E-state index is 4.31. The van der Waals surface area contributed by atoms with Gasteiger partial charge in [0, 0.05) is 6.54 Å². The molecule has 0 bridgehead atoms. The van der Waals surface area contributed by atoms with Crippen molar-refractivity contribution in [1.29, 1.82) is 0 Å². The van der Waals surface area contributed by atoms with Crippen molar-refractivity contribution in [2.24, 2.45) is 5.92 Å². The van der Waals surface area contributed by atoms with E-state index >= 15 is 0 Å². The predicted octanol–water partition coefficient (Wildman–Crippen LogP) is 0.683. The maximum atomic E-state index is 4.31. The summed E-state index contributed by atoms with van der Waals surface area (Å²) in [5, 5.41) is 11.8. The van der Waals surface area contributed by atoms with Crippen LogP contribution in [-0.4, -0.2) is 36.1 Å². The normalized spacial score (nSPS) is 11.4. The highest BCUT2D eigenvalue weighted by atomic mass is 15.4. The second-order valence-corrected chi connectivity index (χ2v) is 4.87. The van der Waals surface area contributed by atoms with Crippen molar-refractivity contribution in [2.75, 3.05) is 6.54 Å². The molecule has 7 nitrogen and oxygen atoms in total. The van der Waals surface area contributed by atoms with Gasteiger partial charge in [-0.25, -0.2) is 19.3 Å². The lowest BCUT2D eigenvalue weighted by Crippen LogP contribution is -2.19. The largest absolute Gasteiger partial charge is 0.310 e. The first-order chi connectivity index (χ1) is 9.20. The summed E-state index contributed by atoms with van der Waals surface area (Å²) in [5.41, 5.74) is 0. The van der Waals surface area contributed by atoms with Crippen molar-refractivity contribution in [1.82, 2.24) is 34.8 Å². The first-order valence-electron chi connectivity index (χ1n) is 6.64. The van der Waals surface area contributed by atoms with Crippen LogP contribution in [0.25, 0.3) is 0 Å². The standard InChI is InChI=1S/C12H21N7/c1-4-13-5-11-14-8-17-19(11)7-12-15-9-16-18(12)6-10(2)3/h8-10,13H,4-7H2,1-3H3. The topological polar surface area (TPSA) is 73.5 Å². The number of hydrogen-bond acceptors (Lipinski definition) is 5. The number of aromatic nitrogens is 6. The maximum Gasteiger partial charge on any atom is 0.148 e. The fourth-order valence-electron chi connectivity index (χ4n) is 1.84. The summed E-state index contributed by atoms with van der Waals surface area (Å²) in [6.45, 7) is 9.50. The zero-order chi connectivity index (χ0) is 13.7. The Morgan fingerprint density at radius 3 is 2.47 bits per heavy atom. The smallest absolute Gasteiger partial charge is 0.148 e. The number of hydrogen-bond donors (Lipinski definition) is 1. The van der Waals surface area contributed by atoms with Gasteiger partial charge in [0.1, 0.15) is 30.8 Å². The molecule has 7 heteroatoms. The third-order valence-electron chi connectivity index (χ3n) is 2.75. The van der Waals surface area contributed by atoms with Gasteiger partial charge in [-0.1, -0.05) is 20.8 Å². The molecule has 0 radical (unpaired) electrons. The Labute approximate surface area is 113 Å². The SMILES string of the molecule is CCNCc1ncnn1Cc1ncnn1CC(C)C. The minimum Gasteiger partial charge on any atom is -0.310 e. The van der Waals surface area contributed by atoms with E-state index in [0.29, 0.717) is 12.5 Å². The summed E-state index contributed by atoms with van der Waals surface area (Å²) in [6.07, 6.45) is 3.18. The van der Waals surface area contributed by atoms with Gasteiger partial charge in [-0.15, -0.1) is 0 Å². The highest BCUT2D eigenvalue weighted by molar-refractivity contribution is 4.91. The van der Waals surface area contributed by atoms with E-state index in [1.807, 2.05) is 9.36 Å². The summed E-state index contributed by atoms with van der Waals surface area (Å²) in [6, 6.07) is 0. The molecule has 0 saturated carbocycles. The van der Waals surface area contributed by atoms with E-state index in [1.165, 1.54) is 0 Å². The fourth-order valence-corrected chi connectivity index (χ4v) is 1.84. The molecule has 0 amide bonds. The molecule has 0 unspecified atom stereocenters. The lowest BCUT2D eigenvalue weighted by molar-refractivity contribution is 0.452. The molecule has 2 aromatic rings. The minimum atomic E-state index is 0.539. The van der Waals surface area contributed by atoms with E-state index < -0.39 is 0 Å². The van der Waals surface area contributed by atoms with Crippen molar-refractivity contribution < 1.29 is 0 Å². The van der Waals surface area contributed by atoms with Crippen LogP contribution in [0.5, 0.6) is 0 Å². The Morgan fingerprint density at radius 2 is 1.79 bits per heavy atom. The summed E-state index contributed by atoms with van der Waals surface area (Å²) in [5.74, 6) is 2.37. The Hall–Kier alpha value is -1.76. The van der Waals surface area contributed by atoms with Gasteiger partial charge in [-0.3, -0.25) is 0 Å². The zero-order valence-electron chi connectivity index (χ0n) is 11.7. The first kappa shape index (κ1) is 13.7. The quantitative estimate of drug-likeness (QED) is 0.795. The molecule has 0 saturated heterocycles. The molecular formula is C12H21N7. The molecule has 0 aliphatic rings. The second-order valence-electron chi connectivity index (χ2n) is 4.87. The van der Waals surface area contributed by atoms with Gasteiger partial charge in [0.25, 0.3) is 0 Å². The molecule has 0 aliphatic heterocycles. The summed E-state index contributed by atoms with van der Waals surface area (Å²) in [4.78, 5) is 8.57. The Bertz CT molecular complexity index is 500. The van der Waals surface area contributed by atoms with Crippen molar-refractivity contribution in [2.45, 2.75) is 40.4 Å². The van der Waals surface area contributed by atoms with Gasteiger partial charge in [0.05, 0.1) is 6.54 Å². The Kier molecular flexibility index (Phi) is 4.62. The number of nitrogens with zero attached hydrogens (tertiary/aromatic N) is 6. The highest BCUT2D eigenvalue weighted by Gasteiger charge is 2.10. The van der Waals surface area contributed by atoms with Crippen LogP contribution in [0.3, 0.4) is 0 Å². The Morgan fingerprint density at radius 1 is 1.11 bits per heavy atom. The van der Waals surface area contributed by atoms with Crippen molar-refractivity contribution in [3.8, 4) is 0 Å². The van der Waals surface area contributed by atoms with Crippen molar-refractivity contribution in [3.05, 3.63) is 24.3 Å². The summed E-state index contributed by atoms with van der Waals surface area (Å²) in [7, 11) is 0. The highest BCUT2D eigenvalue weighted by Crippen LogP contribution is 2.04. The lowest BCUT2D eigenvalue weighted by Gasteiger charge is -2.10. The van der Waals surface area contributed by atoms with Crippen molar-refractivity contribution >= 4 is 0 Å². The third kappa shape index (κ3) is 3.60. The van der Waals surface area contributed by atoms with Gasteiger partial charge >= 0.3 is 0 Å². The van der Waals surface area contributed by atoms with Gasteiger partial charge in [0.15, 0.2) is 0 Å². The van der Waals surface area contributed by atoms with E-state index in [2.05, 4.69) is 46.3 Å². The molecule has 0 atom stereocenters. The molecule has 0 aliphatic carbocycles. The van der Waals surface area contributed by atoms with Crippen LogP contribution in [0, 0.1) is 5.92 Å². The van der Waals surface area contributed by atoms with E-state index in [9.17, 15) is 0 Å². The second kappa shape index (κ2) is 6.42. The molecule has 104 valence electrons. The van der Waals surface area contributed by atoms with Crippen LogP contribution >= 0.6 is 0 Å². The Balaban J connectivity index is 2.08. The van der Waals surface area contributed by atoms with Gasteiger partial charge in [-0.05, 0) is 12.5 Å². The van der Waals surface area contributed by atoms with E-state index in [4.69, 9.17) is 0 Å². The first-order valence-corrected chi connectivity index (χ1v) is 6.64. The van der Waals surface area contributed by atoms with Gasteiger partial charge < -0.3 is 5.32 Å². The van der Waals surface area contributed by atoms with Gasteiger partial charge in [0.2, 0.25) is 0 Å². The number of nitrogens with one attached hydrogen (secondary N) is 1. The molecular weight excluding hydrogens is 242 g/mol. The number of rotatable bonds is 7. The molecule has 2 heterocycles. The van der Waals surface area contributed by atoms with E-state index in [1.54, 1.807) is 12.7 Å². The predicted molar refractivity (Wildman–Crippen MR) is 71.4 cm³/mol. The minimum absolute atomic E-state index is 0.539. The van der Waals surface area contributed by atoms with Crippen molar-refractivity contribution in [3.63, 3.8) is 0 Å². The van der Waals surface area contributed by atoms with Crippen LogP contribution in [-0.2, 0) is 19.6 Å². The van der Waals surface area contributed by atoms with E-state index in [-0.39, 0.29) is 0 Å². The van der Waals surface area contributed by atoms with Crippen LogP contribution < -0.4 is 5.32 Å². The molecule has 2 aromatic heterocycles. The van der Waals surface area contributed by atoms with E-state index in [0.717, 1.165) is 31.3 Å². The molecule has 0 aromatic carbocycles. The molecule has 2 rings (SSSR count). The average Bonchev–Trinajstić information content (AvgIpc) is 2.97. The van der Waals surface area contributed by atoms with Gasteiger partial charge in [-0.2, -0.15) is 10.2 Å².